The van der Waals surface area contributed by atoms with Gasteiger partial charge in [-0.25, -0.2) is 4.98 Å². The van der Waals surface area contributed by atoms with Crippen LogP contribution in [0.5, 0.6) is 0 Å². The third-order valence-electron chi connectivity index (χ3n) is 3.23. The number of nitro benzene ring substituents is 1. The highest BCUT2D eigenvalue weighted by Gasteiger charge is 2.11. The maximum atomic E-state index is 11.0. The number of aryl methyl sites for hydroxylation is 1. The summed E-state index contributed by atoms with van der Waals surface area (Å²) in [5.41, 5.74) is 1.39. The Labute approximate surface area is 131 Å². The fraction of sp³-hybridized carbons (Fsp3) is 0.214. The van der Waals surface area contributed by atoms with Crippen molar-refractivity contribution in [2.24, 2.45) is 0 Å². The van der Waals surface area contributed by atoms with Crippen molar-refractivity contribution in [1.29, 1.82) is 0 Å². The minimum atomic E-state index is -0.402. The van der Waals surface area contributed by atoms with E-state index in [1.807, 2.05) is 13.0 Å². The number of nitrogens with zero attached hydrogens (tertiary/aromatic N) is 5. The molecule has 3 rings (SSSR count). The Bertz CT molecular complexity index is 846. The second-order valence-electron chi connectivity index (χ2n) is 4.88. The highest BCUT2D eigenvalue weighted by atomic mass is 16.6. The van der Waals surface area contributed by atoms with Crippen LogP contribution in [0.25, 0.3) is 5.78 Å². The molecule has 0 saturated heterocycles. The van der Waals surface area contributed by atoms with E-state index in [4.69, 9.17) is 0 Å². The van der Waals surface area contributed by atoms with Crippen LogP contribution in [-0.2, 0) is 0 Å². The van der Waals surface area contributed by atoms with Crippen LogP contribution in [0.1, 0.15) is 5.69 Å². The van der Waals surface area contributed by atoms with Gasteiger partial charge in [0.2, 0.25) is 0 Å². The second kappa shape index (κ2) is 6.26. The Balaban J connectivity index is 1.64. The van der Waals surface area contributed by atoms with Gasteiger partial charge in [0, 0.05) is 30.9 Å². The van der Waals surface area contributed by atoms with Crippen LogP contribution in [0.3, 0.4) is 0 Å². The van der Waals surface area contributed by atoms with Crippen molar-refractivity contribution in [1.82, 2.24) is 19.6 Å². The van der Waals surface area contributed by atoms with E-state index in [0.717, 1.165) is 11.5 Å². The van der Waals surface area contributed by atoms with E-state index in [1.165, 1.54) is 12.4 Å². The van der Waals surface area contributed by atoms with Gasteiger partial charge in [-0.05, 0) is 13.0 Å². The average molecular weight is 313 g/mol. The molecule has 0 amide bonds. The molecule has 9 nitrogen and oxygen atoms in total. The SMILES string of the molecule is Cc1cc(NCCNc2ccccc2[N+](=O)[O-])n2ncnc2n1. The smallest absolute Gasteiger partial charge is 0.292 e. The monoisotopic (exact) mass is 313 g/mol. The van der Waals surface area contributed by atoms with E-state index in [-0.39, 0.29) is 5.69 Å². The van der Waals surface area contributed by atoms with Gasteiger partial charge in [0.05, 0.1) is 4.92 Å². The van der Waals surface area contributed by atoms with Crippen molar-refractivity contribution < 1.29 is 4.92 Å². The third-order valence-corrected chi connectivity index (χ3v) is 3.23. The number of nitro groups is 1. The Morgan fingerprint density at radius 3 is 2.87 bits per heavy atom. The first kappa shape index (κ1) is 14.7. The highest BCUT2D eigenvalue weighted by Crippen LogP contribution is 2.22. The molecule has 0 bridgehead atoms. The number of aromatic nitrogens is 4. The van der Waals surface area contributed by atoms with Gasteiger partial charge in [-0.15, -0.1) is 0 Å². The number of anilines is 2. The first-order valence-corrected chi connectivity index (χ1v) is 7.03. The zero-order valence-electron chi connectivity index (χ0n) is 12.4. The molecular weight excluding hydrogens is 298 g/mol. The lowest BCUT2D eigenvalue weighted by Crippen LogP contribution is -2.16. The van der Waals surface area contributed by atoms with Gasteiger partial charge in [0.1, 0.15) is 17.8 Å². The quantitative estimate of drug-likeness (QED) is 0.406. The summed E-state index contributed by atoms with van der Waals surface area (Å²) in [7, 11) is 0. The van der Waals surface area contributed by atoms with Crippen LogP contribution < -0.4 is 10.6 Å². The molecule has 9 heteroatoms. The van der Waals surface area contributed by atoms with Crippen molar-refractivity contribution >= 4 is 23.0 Å². The first-order valence-electron chi connectivity index (χ1n) is 7.03. The largest absolute Gasteiger partial charge is 0.378 e. The molecule has 2 N–H and O–H groups in total. The van der Waals surface area contributed by atoms with Gasteiger partial charge in [-0.1, -0.05) is 12.1 Å². The summed E-state index contributed by atoms with van der Waals surface area (Å²) in [5, 5.41) is 21.3. The van der Waals surface area contributed by atoms with Crippen molar-refractivity contribution in [2.45, 2.75) is 6.92 Å². The number of hydrogen-bond donors (Lipinski definition) is 2. The number of benzene rings is 1. The van der Waals surface area contributed by atoms with Crippen LogP contribution in [0.2, 0.25) is 0 Å². The molecular formula is C14H15N7O2. The number of rotatable bonds is 6. The van der Waals surface area contributed by atoms with Crippen molar-refractivity contribution in [3.63, 3.8) is 0 Å². The normalized spacial score (nSPS) is 10.7. The fourth-order valence-corrected chi connectivity index (χ4v) is 2.23. The van der Waals surface area contributed by atoms with Crippen LogP contribution in [0.15, 0.2) is 36.7 Å². The molecule has 0 aliphatic rings. The molecule has 1 aromatic carbocycles. The number of para-hydroxylation sites is 2. The second-order valence-corrected chi connectivity index (χ2v) is 4.88. The average Bonchev–Trinajstić information content (AvgIpc) is 2.99. The molecule has 0 saturated carbocycles. The van der Waals surface area contributed by atoms with Gasteiger partial charge in [0.25, 0.3) is 11.5 Å². The maximum absolute atomic E-state index is 11.0. The molecule has 0 aliphatic heterocycles. The lowest BCUT2D eigenvalue weighted by Gasteiger charge is -2.10. The van der Waals surface area contributed by atoms with Crippen molar-refractivity contribution in [3.8, 4) is 0 Å². The molecule has 118 valence electrons. The Morgan fingerprint density at radius 2 is 2.04 bits per heavy atom. The minimum Gasteiger partial charge on any atom is -0.378 e. The number of hydrogen-bond acceptors (Lipinski definition) is 7. The summed E-state index contributed by atoms with van der Waals surface area (Å²) < 4.78 is 1.61. The fourth-order valence-electron chi connectivity index (χ4n) is 2.23. The van der Waals surface area contributed by atoms with E-state index >= 15 is 0 Å². The Hall–Kier alpha value is -3.23. The molecule has 0 spiro atoms. The summed E-state index contributed by atoms with van der Waals surface area (Å²) in [6.45, 7) is 2.96. The van der Waals surface area contributed by atoms with E-state index in [0.29, 0.717) is 24.6 Å². The predicted molar refractivity (Wildman–Crippen MR) is 85.6 cm³/mol. The topological polar surface area (TPSA) is 110 Å². The van der Waals surface area contributed by atoms with Gasteiger partial charge in [-0.2, -0.15) is 14.6 Å². The van der Waals surface area contributed by atoms with Crippen molar-refractivity contribution in [2.75, 3.05) is 23.7 Å². The summed E-state index contributed by atoms with van der Waals surface area (Å²) in [6.07, 6.45) is 1.44. The molecule has 0 radical (unpaired) electrons. The predicted octanol–water partition coefficient (Wildman–Crippen LogP) is 1.86. The van der Waals surface area contributed by atoms with Crippen molar-refractivity contribution in [3.05, 3.63) is 52.5 Å². The standard InChI is InChI=1S/C14H15N7O2/c1-10-8-13(20-14(19-10)17-9-18-20)16-7-6-15-11-4-2-3-5-12(11)21(22)23/h2-5,8-9,15-16H,6-7H2,1H3. The van der Waals surface area contributed by atoms with E-state index in [1.54, 1.807) is 22.7 Å². The lowest BCUT2D eigenvalue weighted by atomic mass is 10.2. The van der Waals surface area contributed by atoms with Crippen LogP contribution >= 0.6 is 0 Å². The number of fused-ring (bicyclic) bond motifs is 1. The van der Waals surface area contributed by atoms with Gasteiger partial charge < -0.3 is 10.6 Å². The van der Waals surface area contributed by atoms with Gasteiger partial charge in [-0.3, -0.25) is 10.1 Å². The molecule has 0 unspecified atom stereocenters. The van der Waals surface area contributed by atoms with Crippen LogP contribution in [-0.4, -0.2) is 37.6 Å². The molecule has 0 fully saturated rings. The molecule has 3 aromatic rings. The minimum absolute atomic E-state index is 0.0610. The highest BCUT2D eigenvalue weighted by molar-refractivity contribution is 5.61. The van der Waals surface area contributed by atoms with E-state index in [9.17, 15) is 10.1 Å². The van der Waals surface area contributed by atoms with Gasteiger partial charge in [0.15, 0.2) is 0 Å². The maximum Gasteiger partial charge on any atom is 0.292 e. The molecule has 23 heavy (non-hydrogen) atoms. The van der Waals surface area contributed by atoms with Crippen LogP contribution in [0.4, 0.5) is 17.2 Å². The summed E-state index contributed by atoms with van der Waals surface area (Å²) >= 11 is 0. The molecule has 0 atom stereocenters. The van der Waals surface area contributed by atoms with E-state index in [2.05, 4.69) is 25.7 Å². The molecule has 2 heterocycles. The molecule has 2 aromatic heterocycles. The summed E-state index contributed by atoms with van der Waals surface area (Å²) in [6, 6.07) is 8.43. The molecule has 0 aliphatic carbocycles. The van der Waals surface area contributed by atoms with Gasteiger partial charge >= 0.3 is 0 Å². The zero-order chi connectivity index (χ0) is 16.2. The Kier molecular flexibility index (Phi) is 4.00. The lowest BCUT2D eigenvalue weighted by molar-refractivity contribution is -0.384. The summed E-state index contributed by atoms with van der Waals surface area (Å²) in [5.74, 6) is 1.30. The van der Waals surface area contributed by atoms with E-state index < -0.39 is 4.92 Å². The third kappa shape index (κ3) is 3.18. The van der Waals surface area contributed by atoms with Crippen LogP contribution in [0, 0.1) is 17.0 Å². The number of nitrogens with one attached hydrogen (secondary N) is 2. The first-order chi connectivity index (χ1) is 11.1. The Morgan fingerprint density at radius 1 is 1.26 bits per heavy atom. The summed E-state index contributed by atoms with van der Waals surface area (Å²) in [4.78, 5) is 18.9. The zero-order valence-corrected chi connectivity index (χ0v) is 12.4.